The minimum atomic E-state index is -0.0928. The van der Waals surface area contributed by atoms with E-state index in [1.807, 2.05) is 37.3 Å². The summed E-state index contributed by atoms with van der Waals surface area (Å²) in [6.45, 7) is 5.20. The van der Waals surface area contributed by atoms with Gasteiger partial charge in [0.15, 0.2) is 5.82 Å². The minimum absolute atomic E-state index is 0.00788. The highest BCUT2D eigenvalue weighted by molar-refractivity contribution is 5.74. The molecule has 0 bridgehead atoms. The Hall–Kier alpha value is -4.64. The second-order valence-corrected chi connectivity index (χ2v) is 10.3. The number of nitrogens with one attached hydrogen (secondary N) is 3. The monoisotopic (exact) mass is 551 g/mol. The number of carbonyl (C=O) groups excluding carboxylic acids is 1. The fourth-order valence-electron chi connectivity index (χ4n) is 5.12. The van der Waals surface area contributed by atoms with Gasteiger partial charge in [0.05, 0.1) is 5.92 Å². The van der Waals surface area contributed by atoms with Crippen LogP contribution in [0.2, 0.25) is 0 Å². The van der Waals surface area contributed by atoms with Crippen molar-refractivity contribution in [3.05, 3.63) is 72.7 Å². The molecule has 11 heteroatoms. The third kappa shape index (κ3) is 6.75. The van der Waals surface area contributed by atoms with Crippen molar-refractivity contribution in [2.24, 2.45) is 5.92 Å². The van der Waals surface area contributed by atoms with Crippen LogP contribution in [0.4, 0.5) is 29.0 Å². The molecule has 3 aromatic heterocycles. The largest absolute Gasteiger partial charge is 0.461 e. The van der Waals surface area contributed by atoms with Crippen LogP contribution in [-0.2, 0) is 9.53 Å². The zero-order chi connectivity index (χ0) is 28.0. The first kappa shape index (κ1) is 26.6. The van der Waals surface area contributed by atoms with Crippen molar-refractivity contribution in [1.82, 2.24) is 30.2 Å². The van der Waals surface area contributed by atoms with E-state index in [4.69, 9.17) is 4.74 Å². The number of ether oxygens (including phenoxy) is 1. The van der Waals surface area contributed by atoms with Gasteiger partial charge in [0, 0.05) is 49.1 Å². The summed E-state index contributed by atoms with van der Waals surface area (Å²) in [5, 5.41) is 9.74. The second kappa shape index (κ2) is 12.3. The highest BCUT2D eigenvalue weighted by Crippen LogP contribution is 2.27. The Balaban J connectivity index is 1.07. The van der Waals surface area contributed by atoms with Crippen LogP contribution in [0.1, 0.15) is 25.0 Å². The first-order chi connectivity index (χ1) is 20.1. The number of aromatic nitrogens is 5. The maximum absolute atomic E-state index is 12.7. The van der Waals surface area contributed by atoms with Gasteiger partial charge in [-0.1, -0.05) is 6.07 Å². The average molecular weight is 552 g/mol. The summed E-state index contributed by atoms with van der Waals surface area (Å²) in [5.41, 5.74) is 3.56. The van der Waals surface area contributed by atoms with Crippen molar-refractivity contribution in [3.63, 3.8) is 0 Å². The van der Waals surface area contributed by atoms with E-state index in [0.29, 0.717) is 35.6 Å². The fraction of sp³-hybridized carbons (Fsp3) is 0.333. The molecule has 2 aliphatic rings. The number of piperidine rings is 1. The van der Waals surface area contributed by atoms with Crippen LogP contribution in [0.3, 0.4) is 0 Å². The number of rotatable bonds is 8. The molecule has 0 saturated carbocycles. The predicted molar refractivity (Wildman–Crippen MR) is 157 cm³/mol. The molecule has 1 aromatic carbocycles. The molecule has 0 radical (unpaired) electrons. The van der Waals surface area contributed by atoms with Gasteiger partial charge in [0.1, 0.15) is 23.4 Å². The molecule has 4 aromatic rings. The molecule has 2 saturated heterocycles. The fourth-order valence-corrected chi connectivity index (χ4v) is 5.12. The number of esters is 1. The first-order valence-corrected chi connectivity index (χ1v) is 14.0. The number of pyridine rings is 1. The van der Waals surface area contributed by atoms with E-state index in [2.05, 4.69) is 57.9 Å². The highest BCUT2D eigenvalue weighted by atomic mass is 16.5. The smallest absolute Gasteiger partial charge is 0.311 e. The van der Waals surface area contributed by atoms with Gasteiger partial charge >= 0.3 is 5.97 Å². The Morgan fingerprint density at radius 1 is 0.951 bits per heavy atom. The number of hydrogen-bond acceptors (Lipinski definition) is 11. The van der Waals surface area contributed by atoms with E-state index in [1.54, 1.807) is 24.5 Å². The summed E-state index contributed by atoms with van der Waals surface area (Å²) < 4.78 is 5.73. The molecule has 2 fully saturated rings. The Morgan fingerprint density at radius 3 is 2.59 bits per heavy atom. The Morgan fingerprint density at radius 2 is 1.78 bits per heavy atom. The van der Waals surface area contributed by atoms with E-state index in [1.165, 1.54) is 0 Å². The molecule has 3 N–H and O–H groups in total. The van der Waals surface area contributed by atoms with Crippen molar-refractivity contribution >= 4 is 34.9 Å². The van der Waals surface area contributed by atoms with Gasteiger partial charge in [-0.05, 0) is 81.3 Å². The normalized spacial score (nSPS) is 18.6. The number of aryl methyl sites for hydroxylation is 1. The molecule has 2 atom stereocenters. The van der Waals surface area contributed by atoms with Gasteiger partial charge in [0.2, 0.25) is 5.95 Å². The van der Waals surface area contributed by atoms with E-state index in [-0.39, 0.29) is 18.0 Å². The van der Waals surface area contributed by atoms with Crippen molar-refractivity contribution in [2.75, 3.05) is 41.7 Å². The maximum Gasteiger partial charge on any atom is 0.311 e. The molecule has 0 amide bonds. The number of nitrogens with zero attached hydrogens (tertiary/aromatic N) is 6. The summed E-state index contributed by atoms with van der Waals surface area (Å²) >= 11 is 0. The van der Waals surface area contributed by atoms with Crippen LogP contribution < -0.4 is 20.9 Å². The number of hydrogen-bond donors (Lipinski definition) is 3. The van der Waals surface area contributed by atoms with E-state index in [9.17, 15) is 4.79 Å². The zero-order valence-electron chi connectivity index (χ0n) is 23.0. The number of benzene rings is 1. The predicted octanol–water partition coefficient (Wildman–Crippen LogP) is 4.25. The molecular formula is C30H33N9O2. The van der Waals surface area contributed by atoms with Crippen LogP contribution >= 0.6 is 0 Å². The SMILES string of the molecule is Cc1cccc(-c2nccc(Nc3ccnc(Nc4ccc(N5CCCC(C(=O)O[C@@H]6CCNC6)C5)cc4)n3)n2)n1. The summed E-state index contributed by atoms with van der Waals surface area (Å²) in [7, 11) is 0. The number of carbonyl (C=O) groups is 1. The van der Waals surface area contributed by atoms with E-state index in [0.717, 1.165) is 56.0 Å². The first-order valence-electron chi connectivity index (χ1n) is 14.0. The lowest BCUT2D eigenvalue weighted by molar-refractivity contribution is -0.153. The van der Waals surface area contributed by atoms with Crippen molar-refractivity contribution in [1.29, 1.82) is 0 Å². The van der Waals surface area contributed by atoms with Crippen molar-refractivity contribution in [3.8, 4) is 11.5 Å². The Kier molecular flexibility index (Phi) is 7.94. The lowest BCUT2D eigenvalue weighted by atomic mass is 9.97. The molecule has 1 unspecified atom stereocenters. The molecule has 41 heavy (non-hydrogen) atoms. The molecule has 11 nitrogen and oxygen atoms in total. The quantitative estimate of drug-likeness (QED) is 0.272. The molecule has 5 heterocycles. The third-order valence-electron chi connectivity index (χ3n) is 7.23. The van der Waals surface area contributed by atoms with Crippen LogP contribution in [0.15, 0.2) is 67.0 Å². The topological polar surface area (TPSA) is 130 Å². The number of anilines is 5. The third-order valence-corrected chi connectivity index (χ3v) is 7.23. The lowest BCUT2D eigenvalue weighted by Crippen LogP contribution is -2.40. The summed E-state index contributed by atoms with van der Waals surface area (Å²) in [4.78, 5) is 37.4. The second-order valence-electron chi connectivity index (χ2n) is 10.3. The standard InChI is InChI=1S/C30H33N9O2/c1-20-4-2-6-25(34-20)28-32-15-12-26(37-28)36-27-13-16-33-30(38-27)35-22-7-9-23(10-8-22)39-17-3-5-21(19-39)29(40)41-24-11-14-31-18-24/h2,4,6-10,12-13,15-16,21,24,31H,3,5,11,14,17-19H2,1H3,(H2,32,33,35,36,37,38)/t21?,24-/m1/s1. The lowest BCUT2D eigenvalue weighted by Gasteiger charge is -2.33. The van der Waals surface area contributed by atoms with Crippen molar-refractivity contribution < 1.29 is 9.53 Å². The average Bonchev–Trinajstić information content (AvgIpc) is 3.51. The van der Waals surface area contributed by atoms with Gasteiger partial charge < -0.3 is 25.6 Å². The van der Waals surface area contributed by atoms with Crippen LogP contribution in [0.5, 0.6) is 0 Å². The molecule has 6 rings (SSSR count). The summed E-state index contributed by atoms with van der Waals surface area (Å²) in [6.07, 6.45) is 6.12. The minimum Gasteiger partial charge on any atom is -0.461 e. The Bertz CT molecular complexity index is 1490. The van der Waals surface area contributed by atoms with Crippen LogP contribution in [0, 0.1) is 12.8 Å². The maximum atomic E-state index is 12.7. The molecule has 0 spiro atoms. The Labute approximate surface area is 238 Å². The van der Waals surface area contributed by atoms with E-state index < -0.39 is 0 Å². The highest BCUT2D eigenvalue weighted by Gasteiger charge is 2.30. The summed E-state index contributed by atoms with van der Waals surface area (Å²) in [5.74, 6) is 2.03. The van der Waals surface area contributed by atoms with Gasteiger partial charge in [-0.2, -0.15) is 4.98 Å². The van der Waals surface area contributed by atoms with Gasteiger partial charge in [-0.3, -0.25) is 4.79 Å². The zero-order valence-corrected chi connectivity index (χ0v) is 23.0. The van der Waals surface area contributed by atoms with Crippen LogP contribution in [-0.4, -0.2) is 63.2 Å². The van der Waals surface area contributed by atoms with Crippen LogP contribution in [0.25, 0.3) is 11.5 Å². The molecule has 0 aliphatic carbocycles. The van der Waals surface area contributed by atoms with Gasteiger partial charge in [-0.25, -0.2) is 19.9 Å². The molecular weight excluding hydrogens is 518 g/mol. The van der Waals surface area contributed by atoms with E-state index >= 15 is 0 Å². The van der Waals surface area contributed by atoms with Crippen molar-refractivity contribution in [2.45, 2.75) is 32.3 Å². The molecule has 210 valence electrons. The van der Waals surface area contributed by atoms with Gasteiger partial charge in [-0.15, -0.1) is 0 Å². The molecule has 2 aliphatic heterocycles. The summed E-state index contributed by atoms with van der Waals surface area (Å²) in [6, 6.07) is 17.4. The van der Waals surface area contributed by atoms with Gasteiger partial charge in [0.25, 0.3) is 0 Å².